The van der Waals surface area contributed by atoms with E-state index in [0.29, 0.717) is 38.4 Å². The Labute approximate surface area is 115 Å². The fourth-order valence-electron chi connectivity index (χ4n) is 2.31. The van der Waals surface area contributed by atoms with Crippen molar-refractivity contribution >= 4 is 12.0 Å². The van der Waals surface area contributed by atoms with Gasteiger partial charge in [0.2, 0.25) is 0 Å². The molecule has 1 heterocycles. The summed E-state index contributed by atoms with van der Waals surface area (Å²) >= 11 is 0. The molecule has 1 aliphatic rings. The van der Waals surface area contributed by atoms with Crippen molar-refractivity contribution in [2.24, 2.45) is 11.8 Å². The number of unbranched alkanes of at least 4 members (excludes halogenated alkanes) is 1. The predicted octanol–water partition coefficient (Wildman–Crippen LogP) is 2.32. The molecule has 0 bridgehead atoms. The van der Waals surface area contributed by atoms with Gasteiger partial charge in [-0.15, -0.1) is 0 Å². The first-order valence-electron chi connectivity index (χ1n) is 7.26. The number of nitrogens with one attached hydrogen (secondary N) is 1. The largest absolute Gasteiger partial charge is 0.481 e. The van der Waals surface area contributed by atoms with Crippen molar-refractivity contribution in [3.05, 3.63) is 0 Å². The second-order valence-corrected chi connectivity index (χ2v) is 5.72. The minimum absolute atomic E-state index is 0.0478. The molecule has 1 rings (SSSR count). The second-order valence-electron chi connectivity index (χ2n) is 5.72. The third kappa shape index (κ3) is 5.94. The quantitative estimate of drug-likeness (QED) is 0.728. The number of amides is 2. The molecule has 2 amide bonds. The number of likely N-dealkylation sites (tertiary alicyclic amines) is 1. The molecular weight excluding hydrogens is 244 g/mol. The van der Waals surface area contributed by atoms with E-state index in [0.717, 1.165) is 12.8 Å². The van der Waals surface area contributed by atoms with Crippen LogP contribution in [0.15, 0.2) is 0 Å². The van der Waals surface area contributed by atoms with Gasteiger partial charge in [0.15, 0.2) is 0 Å². The third-order valence-electron chi connectivity index (χ3n) is 3.62. The molecule has 1 aliphatic heterocycles. The molecule has 5 nitrogen and oxygen atoms in total. The van der Waals surface area contributed by atoms with Crippen molar-refractivity contribution in [1.29, 1.82) is 0 Å². The average Bonchev–Trinajstić information content (AvgIpc) is 2.37. The minimum atomic E-state index is -0.742. The van der Waals surface area contributed by atoms with E-state index in [-0.39, 0.29) is 11.9 Å². The van der Waals surface area contributed by atoms with E-state index in [4.69, 9.17) is 5.11 Å². The van der Waals surface area contributed by atoms with Crippen molar-refractivity contribution in [2.75, 3.05) is 19.6 Å². The Hall–Kier alpha value is -1.26. The van der Waals surface area contributed by atoms with Crippen molar-refractivity contribution in [1.82, 2.24) is 10.2 Å². The maximum absolute atomic E-state index is 11.8. The molecule has 2 N–H and O–H groups in total. The number of carboxylic acids is 1. The molecule has 0 unspecified atom stereocenters. The Morgan fingerprint density at radius 1 is 1.26 bits per heavy atom. The van der Waals surface area contributed by atoms with Crippen LogP contribution < -0.4 is 5.32 Å². The van der Waals surface area contributed by atoms with Gasteiger partial charge in [0.05, 0.1) is 5.92 Å². The smallest absolute Gasteiger partial charge is 0.317 e. The summed E-state index contributed by atoms with van der Waals surface area (Å²) in [5, 5.41) is 11.8. The number of carbonyl (C=O) groups is 2. The Bertz CT molecular complexity index is 297. The van der Waals surface area contributed by atoms with Gasteiger partial charge in [-0.3, -0.25) is 4.79 Å². The third-order valence-corrected chi connectivity index (χ3v) is 3.62. The van der Waals surface area contributed by atoms with Crippen LogP contribution in [0.2, 0.25) is 0 Å². The number of urea groups is 1. The Morgan fingerprint density at radius 2 is 1.89 bits per heavy atom. The predicted molar refractivity (Wildman–Crippen MR) is 74.0 cm³/mol. The van der Waals surface area contributed by atoms with Crippen molar-refractivity contribution in [3.8, 4) is 0 Å². The second kappa shape index (κ2) is 8.02. The molecule has 0 aromatic carbocycles. The molecule has 0 radical (unpaired) electrons. The van der Waals surface area contributed by atoms with Crippen LogP contribution >= 0.6 is 0 Å². The number of carboxylic acid groups (broad SMARTS) is 1. The number of nitrogens with zero attached hydrogens (tertiary/aromatic N) is 1. The van der Waals surface area contributed by atoms with E-state index in [9.17, 15) is 9.59 Å². The highest BCUT2D eigenvalue weighted by molar-refractivity contribution is 5.75. The van der Waals surface area contributed by atoms with Crippen LogP contribution in [0.4, 0.5) is 4.79 Å². The maximum Gasteiger partial charge on any atom is 0.317 e. The highest BCUT2D eigenvalue weighted by Gasteiger charge is 2.26. The standard InChI is InChI=1S/C14H26N2O3/c1-11(2)5-3-4-8-15-14(19)16-9-6-12(7-10-16)13(17)18/h11-12H,3-10H2,1-2H3,(H,15,19)(H,17,18). The van der Waals surface area contributed by atoms with E-state index in [1.807, 2.05) is 0 Å². The first kappa shape index (κ1) is 15.8. The van der Waals surface area contributed by atoms with Crippen LogP contribution in [-0.2, 0) is 4.79 Å². The average molecular weight is 270 g/mol. The lowest BCUT2D eigenvalue weighted by molar-refractivity contribution is -0.143. The highest BCUT2D eigenvalue weighted by Crippen LogP contribution is 2.17. The SMILES string of the molecule is CC(C)CCCCNC(=O)N1CCC(C(=O)O)CC1. The zero-order valence-electron chi connectivity index (χ0n) is 12.0. The summed E-state index contributed by atoms with van der Waals surface area (Å²) in [4.78, 5) is 24.4. The minimum Gasteiger partial charge on any atom is -0.481 e. The van der Waals surface area contributed by atoms with Crippen LogP contribution in [0.5, 0.6) is 0 Å². The van der Waals surface area contributed by atoms with Crippen LogP contribution in [0.1, 0.15) is 46.0 Å². The van der Waals surface area contributed by atoms with Crippen LogP contribution in [-0.4, -0.2) is 41.6 Å². The monoisotopic (exact) mass is 270 g/mol. The van der Waals surface area contributed by atoms with Crippen LogP contribution in [0.25, 0.3) is 0 Å². The summed E-state index contributed by atoms with van der Waals surface area (Å²) in [6, 6.07) is -0.0478. The van der Waals surface area contributed by atoms with Gasteiger partial charge in [-0.1, -0.05) is 26.7 Å². The number of aliphatic carboxylic acids is 1. The zero-order chi connectivity index (χ0) is 14.3. The van der Waals surface area contributed by atoms with Crippen LogP contribution in [0, 0.1) is 11.8 Å². The molecule has 19 heavy (non-hydrogen) atoms. The normalized spacial score (nSPS) is 16.7. The molecule has 0 aromatic rings. The molecule has 0 aromatic heterocycles. The van der Waals surface area contributed by atoms with E-state index in [2.05, 4.69) is 19.2 Å². The lowest BCUT2D eigenvalue weighted by atomic mass is 9.97. The van der Waals surface area contributed by atoms with Gasteiger partial charge in [-0.2, -0.15) is 0 Å². The lowest BCUT2D eigenvalue weighted by Crippen LogP contribution is -2.45. The number of hydrogen-bond acceptors (Lipinski definition) is 2. The first-order valence-corrected chi connectivity index (χ1v) is 7.26. The molecular formula is C14H26N2O3. The van der Waals surface area contributed by atoms with Gasteiger partial charge in [0.25, 0.3) is 0 Å². The van der Waals surface area contributed by atoms with E-state index in [1.54, 1.807) is 4.90 Å². The van der Waals surface area contributed by atoms with Gasteiger partial charge in [-0.05, 0) is 25.2 Å². The van der Waals surface area contributed by atoms with Gasteiger partial charge >= 0.3 is 12.0 Å². The zero-order valence-corrected chi connectivity index (χ0v) is 12.0. The molecule has 0 spiro atoms. The van der Waals surface area contributed by atoms with Gasteiger partial charge in [-0.25, -0.2) is 4.79 Å². The van der Waals surface area contributed by atoms with Crippen molar-refractivity contribution in [2.45, 2.75) is 46.0 Å². The Balaban J connectivity index is 2.12. The molecule has 0 aliphatic carbocycles. The van der Waals surface area contributed by atoms with E-state index in [1.165, 1.54) is 6.42 Å². The summed E-state index contributed by atoms with van der Waals surface area (Å²) in [5.74, 6) is -0.311. The van der Waals surface area contributed by atoms with E-state index >= 15 is 0 Å². The number of rotatable bonds is 6. The maximum atomic E-state index is 11.8. The fourth-order valence-corrected chi connectivity index (χ4v) is 2.31. The topological polar surface area (TPSA) is 69.6 Å². The summed E-state index contributed by atoms with van der Waals surface area (Å²) in [6.07, 6.45) is 4.47. The van der Waals surface area contributed by atoms with Crippen molar-refractivity contribution < 1.29 is 14.7 Å². The van der Waals surface area contributed by atoms with Gasteiger partial charge in [0.1, 0.15) is 0 Å². The first-order chi connectivity index (χ1) is 9.00. The number of piperidine rings is 1. The summed E-state index contributed by atoms with van der Waals surface area (Å²) in [7, 11) is 0. The summed E-state index contributed by atoms with van der Waals surface area (Å²) in [5.41, 5.74) is 0. The number of carbonyl (C=O) groups excluding carboxylic acids is 1. The molecule has 1 saturated heterocycles. The fraction of sp³-hybridized carbons (Fsp3) is 0.857. The van der Waals surface area contributed by atoms with E-state index < -0.39 is 5.97 Å². The lowest BCUT2D eigenvalue weighted by Gasteiger charge is -2.30. The Morgan fingerprint density at radius 3 is 2.42 bits per heavy atom. The van der Waals surface area contributed by atoms with Crippen molar-refractivity contribution in [3.63, 3.8) is 0 Å². The Kier molecular flexibility index (Phi) is 6.67. The van der Waals surface area contributed by atoms with Gasteiger partial charge in [0, 0.05) is 19.6 Å². The molecule has 5 heteroatoms. The highest BCUT2D eigenvalue weighted by atomic mass is 16.4. The molecule has 1 fully saturated rings. The van der Waals surface area contributed by atoms with Crippen LogP contribution in [0.3, 0.4) is 0 Å². The summed E-state index contributed by atoms with van der Waals surface area (Å²) in [6.45, 7) is 6.21. The molecule has 0 saturated carbocycles. The molecule has 110 valence electrons. The molecule has 0 atom stereocenters. The summed E-state index contributed by atoms with van der Waals surface area (Å²) < 4.78 is 0. The number of hydrogen-bond donors (Lipinski definition) is 2. The van der Waals surface area contributed by atoms with Gasteiger partial charge < -0.3 is 15.3 Å².